The van der Waals surface area contributed by atoms with E-state index in [9.17, 15) is 0 Å². The van der Waals surface area contributed by atoms with Crippen molar-refractivity contribution in [2.45, 2.75) is 181 Å². The Bertz CT molecular complexity index is 448. The summed E-state index contributed by atoms with van der Waals surface area (Å²) in [5.41, 5.74) is 2.22. The van der Waals surface area contributed by atoms with Crippen molar-refractivity contribution >= 4 is 0 Å². The van der Waals surface area contributed by atoms with E-state index in [-0.39, 0.29) is 0 Å². The summed E-state index contributed by atoms with van der Waals surface area (Å²) >= 11 is 0. The zero-order valence-electron chi connectivity index (χ0n) is 23.4. The molecule has 0 fully saturated rings. The Labute approximate surface area is 210 Å². The molecule has 0 saturated heterocycles. The van der Waals surface area contributed by atoms with Crippen molar-refractivity contribution in [3.8, 4) is 0 Å². The van der Waals surface area contributed by atoms with Gasteiger partial charge in [0.2, 0.25) is 0 Å². The van der Waals surface area contributed by atoms with Gasteiger partial charge in [0.05, 0.1) is 0 Å². The fourth-order valence-corrected chi connectivity index (χ4v) is 5.81. The molecule has 1 aliphatic rings. The summed E-state index contributed by atoms with van der Waals surface area (Å²) in [5, 5.41) is 0. The topological polar surface area (TPSA) is 0 Å². The van der Waals surface area contributed by atoms with Crippen molar-refractivity contribution in [1.82, 2.24) is 0 Å². The SMILES string of the molecule is CCCCCCCCCCC1(CCCCCCCCCC)C=CC=C1CCCCCCCC. The van der Waals surface area contributed by atoms with Crippen LogP contribution in [0.4, 0.5) is 0 Å². The van der Waals surface area contributed by atoms with Gasteiger partial charge in [0.25, 0.3) is 0 Å². The largest absolute Gasteiger partial charge is 0.0743 e. The fraction of sp³-hybridized carbons (Fsp3) is 0.879. The van der Waals surface area contributed by atoms with Crippen LogP contribution in [0.5, 0.6) is 0 Å². The summed E-state index contributed by atoms with van der Waals surface area (Å²) < 4.78 is 0. The van der Waals surface area contributed by atoms with Gasteiger partial charge in [0, 0.05) is 5.41 Å². The second-order valence-corrected chi connectivity index (χ2v) is 11.2. The number of allylic oxidation sites excluding steroid dienone is 4. The van der Waals surface area contributed by atoms with Crippen LogP contribution < -0.4 is 0 Å². The van der Waals surface area contributed by atoms with Crippen molar-refractivity contribution in [2.75, 3.05) is 0 Å². The third-order valence-electron chi connectivity index (χ3n) is 8.10. The molecule has 0 aliphatic heterocycles. The van der Waals surface area contributed by atoms with E-state index in [1.165, 1.54) is 161 Å². The van der Waals surface area contributed by atoms with Crippen molar-refractivity contribution in [3.63, 3.8) is 0 Å². The van der Waals surface area contributed by atoms with Crippen LogP contribution in [0, 0.1) is 5.41 Å². The van der Waals surface area contributed by atoms with Gasteiger partial charge in [-0.2, -0.15) is 0 Å². The molecule has 0 saturated carbocycles. The van der Waals surface area contributed by atoms with Crippen molar-refractivity contribution < 1.29 is 0 Å². The Morgan fingerprint density at radius 1 is 0.455 bits per heavy atom. The summed E-state index contributed by atoms with van der Waals surface area (Å²) in [7, 11) is 0. The average Bonchev–Trinajstić information content (AvgIpc) is 3.22. The highest BCUT2D eigenvalue weighted by Crippen LogP contribution is 2.45. The molecule has 0 bridgehead atoms. The van der Waals surface area contributed by atoms with E-state index >= 15 is 0 Å². The van der Waals surface area contributed by atoms with Crippen molar-refractivity contribution in [1.29, 1.82) is 0 Å². The summed E-state index contributed by atoms with van der Waals surface area (Å²) in [4.78, 5) is 0. The zero-order valence-corrected chi connectivity index (χ0v) is 23.4. The van der Waals surface area contributed by atoms with Crippen LogP contribution in [0.1, 0.15) is 181 Å². The molecule has 0 nitrogen and oxygen atoms in total. The maximum absolute atomic E-state index is 2.63. The smallest absolute Gasteiger partial charge is 0.00969 e. The van der Waals surface area contributed by atoms with Gasteiger partial charge in [-0.25, -0.2) is 0 Å². The van der Waals surface area contributed by atoms with Gasteiger partial charge in [-0.1, -0.05) is 179 Å². The van der Waals surface area contributed by atoms with Crippen LogP contribution >= 0.6 is 0 Å². The highest BCUT2D eigenvalue weighted by molar-refractivity contribution is 5.34. The van der Waals surface area contributed by atoms with E-state index < -0.39 is 0 Å². The second-order valence-electron chi connectivity index (χ2n) is 11.2. The summed E-state index contributed by atoms with van der Waals surface area (Å²) in [6.07, 6.45) is 43.2. The highest BCUT2D eigenvalue weighted by atomic mass is 14.4. The highest BCUT2D eigenvalue weighted by Gasteiger charge is 2.32. The summed E-state index contributed by atoms with van der Waals surface area (Å²) in [5.74, 6) is 0. The fourth-order valence-electron chi connectivity index (χ4n) is 5.81. The molecular weight excluding hydrogens is 396 g/mol. The first-order chi connectivity index (χ1) is 16.3. The van der Waals surface area contributed by atoms with Gasteiger partial charge in [0.1, 0.15) is 0 Å². The minimum Gasteiger partial charge on any atom is -0.0743 e. The maximum atomic E-state index is 2.63. The average molecular weight is 459 g/mol. The minimum atomic E-state index is 0.424. The summed E-state index contributed by atoms with van der Waals surface area (Å²) in [6.45, 7) is 6.95. The molecule has 1 rings (SSSR count). The van der Waals surface area contributed by atoms with Crippen LogP contribution in [0.3, 0.4) is 0 Å². The van der Waals surface area contributed by atoms with E-state index in [1.54, 1.807) is 5.57 Å². The molecule has 0 N–H and O–H groups in total. The molecule has 0 spiro atoms. The maximum Gasteiger partial charge on any atom is 0.00969 e. The van der Waals surface area contributed by atoms with Gasteiger partial charge < -0.3 is 0 Å². The zero-order chi connectivity index (χ0) is 23.9. The molecule has 0 aromatic carbocycles. The first-order valence-electron chi connectivity index (χ1n) is 15.7. The molecule has 0 heterocycles. The Kier molecular flexibility index (Phi) is 20.3. The Balaban J connectivity index is 2.40. The number of rotatable bonds is 25. The molecule has 0 aromatic heterocycles. The third-order valence-corrected chi connectivity index (χ3v) is 8.10. The molecule has 1 aliphatic carbocycles. The van der Waals surface area contributed by atoms with E-state index in [2.05, 4.69) is 39.0 Å². The van der Waals surface area contributed by atoms with Gasteiger partial charge in [-0.3, -0.25) is 0 Å². The van der Waals surface area contributed by atoms with Gasteiger partial charge in [0.15, 0.2) is 0 Å². The molecule has 0 radical (unpaired) electrons. The Morgan fingerprint density at radius 2 is 0.818 bits per heavy atom. The van der Waals surface area contributed by atoms with E-state index in [1.807, 2.05) is 0 Å². The monoisotopic (exact) mass is 458 g/mol. The predicted molar refractivity (Wildman–Crippen MR) is 152 cm³/mol. The Hall–Kier alpha value is -0.520. The second kappa shape index (κ2) is 22.0. The lowest BCUT2D eigenvalue weighted by Crippen LogP contribution is -2.19. The van der Waals surface area contributed by atoms with E-state index in [0.717, 1.165) is 0 Å². The lowest BCUT2D eigenvalue weighted by atomic mass is 9.72. The number of hydrogen-bond donors (Lipinski definition) is 0. The molecular formula is C33H62. The van der Waals surface area contributed by atoms with Gasteiger partial charge in [-0.05, 0) is 25.7 Å². The standard InChI is InChI=1S/C33H62/c1-4-7-10-13-16-18-21-24-29-33(30-25-22-19-17-14-11-8-5-2)31-26-28-32(33)27-23-20-15-12-9-6-3/h26,28,31H,4-25,27,29-30H2,1-3H3. The van der Waals surface area contributed by atoms with E-state index in [4.69, 9.17) is 0 Å². The Morgan fingerprint density at radius 3 is 1.24 bits per heavy atom. The van der Waals surface area contributed by atoms with Crippen LogP contribution in [0.2, 0.25) is 0 Å². The van der Waals surface area contributed by atoms with E-state index in [0.29, 0.717) is 5.41 Å². The minimum absolute atomic E-state index is 0.424. The van der Waals surface area contributed by atoms with Crippen LogP contribution in [0.15, 0.2) is 23.8 Å². The lowest BCUT2D eigenvalue weighted by molar-refractivity contribution is 0.343. The number of hydrogen-bond acceptors (Lipinski definition) is 0. The van der Waals surface area contributed by atoms with Gasteiger partial charge in [-0.15, -0.1) is 0 Å². The van der Waals surface area contributed by atoms with Gasteiger partial charge >= 0.3 is 0 Å². The molecule has 0 heteroatoms. The molecule has 194 valence electrons. The normalized spacial score (nSPS) is 14.8. The lowest BCUT2D eigenvalue weighted by Gasteiger charge is -2.32. The molecule has 33 heavy (non-hydrogen) atoms. The third kappa shape index (κ3) is 15.2. The van der Waals surface area contributed by atoms with Crippen molar-refractivity contribution in [3.05, 3.63) is 23.8 Å². The first kappa shape index (κ1) is 30.5. The molecule has 0 aromatic rings. The molecule has 0 unspecified atom stereocenters. The quantitative estimate of drug-likeness (QED) is 0.119. The molecule has 0 atom stereocenters. The van der Waals surface area contributed by atoms with Crippen molar-refractivity contribution in [2.24, 2.45) is 5.41 Å². The van der Waals surface area contributed by atoms with Crippen LogP contribution in [-0.2, 0) is 0 Å². The van der Waals surface area contributed by atoms with Crippen LogP contribution in [0.25, 0.3) is 0 Å². The van der Waals surface area contributed by atoms with Crippen LogP contribution in [-0.4, -0.2) is 0 Å². The summed E-state index contributed by atoms with van der Waals surface area (Å²) in [6, 6.07) is 0. The molecule has 0 amide bonds. The first-order valence-corrected chi connectivity index (χ1v) is 15.7. The number of unbranched alkanes of at least 4 members (excludes halogenated alkanes) is 19. The predicted octanol–water partition coefficient (Wildman–Crippen LogP) is 12.3.